The van der Waals surface area contributed by atoms with Crippen LogP contribution in [0.5, 0.6) is 0 Å². The first-order valence-electron chi connectivity index (χ1n) is 6.54. The van der Waals surface area contributed by atoms with Crippen molar-refractivity contribution >= 4 is 17.7 Å². The van der Waals surface area contributed by atoms with E-state index in [1.807, 2.05) is 0 Å². The van der Waals surface area contributed by atoms with E-state index in [4.69, 9.17) is 0 Å². The van der Waals surface area contributed by atoms with Gasteiger partial charge in [-0.05, 0) is 52.0 Å². The third kappa shape index (κ3) is 3.51. The van der Waals surface area contributed by atoms with Crippen LogP contribution in [0.15, 0.2) is 24.3 Å². The molecule has 0 atom stereocenters. The Hall–Kier alpha value is -2.11. The highest BCUT2D eigenvalue weighted by Crippen LogP contribution is 2.31. The van der Waals surface area contributed by atoms with Gasteiger partial charge in [0.15, 0.2) is 0 Å². The number of carboxylic acids is 1. The van der Waals surface area contributed by atoms with Crippen LogP contribution in [0.25, 0.3) is 0 Å². The lowest BCUT2D eigenvalue weighted by atomic mass is 9.74. The molecular weight excluding hydrogens is 275 g/mol. The summed E-state index contributed by atoms with van der Waals surface area (Å²) in [4.78, 5) is 24.9. The number of nitrogens with zero attached hydrogens (tertiary/aromatic N) is 1. The number of carbonyl (C=O) groups is 2. The van der Waals surface area contributed by atoms with Crippen molar-refractivity contribution in [3.8, 4) is 0 Å². The van der Waals surface area contributed by atoms with Gasteiger partial charge in [0.25, 0.3) is 0 Å². The molecule has 1 aromatic rings. The molecule has 0 fully saturated rings. The Labute approximate surface area is 123 Å². The second-order valence-electron chi connectivity index (χ2n) is 6.02. The minimum absolute atomic E-state index is 0.389. The van der Waals surface area contributed by atoms with Gasteiger partial charge in [-0.3, -0.25) is 9.69 Å². The summed E-state index contributed by atoms with van der Waals surface area (Å²) in [5.74, 6) is -1.39. The van der Waals surface area contributed by atoms with Crippen LogP contribution >= 0.6 is 0 Å². The van der Waals surface area contributed by atoms with E-state index in [2.05, 4.69) is 5.32 Å². The van der Waals surface area contributed by atoms with E-state index in [1.165, 1.54) is 36.2 Å². The summed E-state index contributed by atoms with van der Waals surface area (Å²) in [6, 6.07) is 5.01. The van der Waals surface area contributed by atoms with Crippen LogP contribution in [0.1, 0.15) is 27.7 Å². The Bertz CT molecular complexity index is 538. The van der Waals surface area contributed by atoms with Gasteiger partial charge in [-0.15, -0.1) is 0 Å². The molecular formula is C15H21FN2O3. The molecule has 0 bridgehead atoms. The predicted molar refractivity (Wildman–Crippen MR) is 78.8 cm³/mol. The average Bonchev–Trinajstić information content (AvgIpc) is 2.37. The molecule has 0 aliphatic carbocycles. The van der Waals surface area contributed by atoms with E-state index in [0.29, 0.717) is 5.69 Å². The van der Waals surface area contributed by atoms with Crippen molar-refractivity contribution in [2.24, 2.45) is 5.41 Å². The highest BCUT2D eigenvalue weighted by atomic mass is 19.1. The molecule has 0 radical (unpaired) electrons. The summed E-state index contributed by atoms with van der Waals surface area (Å²) in [7, 11) is 1.53. The molecule has 0 unspecified atom stereocenters. The van der Waals surface area contributed by atoms with Crippen LogP contribution in [0.4, 0.5) is 14.9 Å². The van der Waals surface area contributed by atoms with Crippen LogP contribution in [0, 0.1) is 11.2 Å². The summed E-state index contributed by atoms with van der Waals surface area (Å²) in [5.41, 5.74) is -1.60. The summed E-state index contributed by atoms with van der Waals surface area (Å²) < 4.78 is 12.9. The minimum atomic E-state index is -1.15. The number of halogens is 1. The summed E-state index contributed by atoms with van der Waals surface area (Å²) in [6.45, 7) is 6.40. The number of benzene rings is 1. The quantitative estimate of drug-likeness (QED) is 0.897. The fraction of sp³-hybridized carbons (Fsp3) is 0.467. The van der Waals surface area contributed by atoms with Crippen LogP contribution in [-0.4, -0.2) is 29.7 Å². The number of anilines is 1. The Kier molecular flexibility index (Phi) is 4.61. The largest absolute Gasteiger partial charge is 0.481 e. The molecule has 0 aliphatic heterocycles. The van der Waals surface area contributed by atoms with E-state index in [9.17, 15) is 19.1 Å². The van der Waals surface area contributed by atoms with Crippen molar-refractivity contribution in [3.05, 3.63) is 30.1 Å². The maximum atomic E-state index is 12.9. The van der Waals surface area contributed by atoms with Gasteiger partial charge < -0.3 is 10.4 Å². The van der Waals surface area contributed by atoms with Gasteiger partial charge in [0.2, 0.25) is 0 Å². The SMILES string of the molecule is CN(C(=O)NC(C)(C)C(C)(C)C(=O)O)c1ccc(F)cc1. The number of carbonyl (C=O) groups excluding carboxylic acids is 1. The number of hydrogen-bond donors (Lipinski definition) is 2. The van der Waals surface area contributed by atoms with Crippen molar-refractivity contribution in [1.82, 2.24) is 5.32 Å². The van der Waals surface area contributed by atoms with E-state index in [-0.39, 0.29) is 5.82 Å². The zero-order valence-corrected chi connectivity index (χ0v) is 12.9. The maximum absolute atomic E-state index is 12.9. The van der Waals surface area contributed by atoms with E-state index in [0.717, 1.165) is 0 Å². The molecule has 0 saturated heterocycles. The first-order chi connectivity index (χ1) is 9.49. The molecule has 6 heteroatoms. The Balaban J connectivity index is 2.90. The summed E-state index contributed by atoms with van der Waals surface area (Å²) in [5, 5.41) is 12.0. The molecule has 0 aromatic heterocycles. The second kappa shape index (κ2) is 5.71. The van der Waals surface area contributed by atoms with Crippen molar-refractivity contribution in [3.63, 3.8) is 0 Å². The molecule has 1 aromatic carbocycles. The highest BCUT2D eigenvalue weighted by molar-refractivity contribution is 5.92. The number of carboxylic acid groups (broad SMARTS) is 1. The first kappa shape index (κ1) is 16.9. The number of rotatable bonds is 4. The van der Waals surface area contributed by atoms with Gasteiger partial charge in [0.05, 0.1) is 11.0 Å². The van der Waals surface area contributed by atoms with Gasteiger partial charge in [-0.2, -0.15) is 0 Å². The third-order valence-corrected chi connectivity index (χ3v) is 4.04. The Morgan fingerprint density at radius 1 is 1.14 bits per heavy atom. The van der Waals surface area contributed by atoms with Gasteiger partial charge >= 0.3 is 12.0 Å². The molecule has 0 heterocycles. The number of urea groups is 1. The van der Waals surface area contributed by atoms with Crippen molar-refractivity contribution in [2.45, 2.75) is 33.2 Å². The Morgan fingerprint density at radius 3 is 2.05 bits per heavy atom. The third-order valence-electron chi connectivity index (χ3n) is 4.04. The lowest BCUT2D eigenvalue weighted by Crippen LogP contribution is -2.59. The van der Waals surface area contributed by atoms with E-state index in [1.54, 1.807) is 27.7 Å². The highest BCUT2D eigenvalue weighted by Gasteiger charge is 2.44. The van der Waals surface area contributed by atoms with Crippen molar-refractivity contribution in [2.75, 3.05) is 11.9 Å². The van der Waals surface area contributed by atoms with Crippen molar-refractivity contribution in [1.29, 1.82) is 0 Å². The number of nitrogens with one attached hydrogen (secondary N) is 1. The average molecular weight is 296 g/mol. The van der Waals surface area contributed by atoms with Gasteiger partial charge in [0, 0.05) is 12.7 Å². The molecule has 0 aliphatic rings. The summed E-state index contributed by atoms with van der Waals surface area (Å²) >= 11 is 0. The monoisotopic (exact) mass is 296 g/mol. The van der Waals surface area contributed by atoms with Crippen LogP contribution < -0.4 is 10.2 Å². The predicted octanol–water partition coefficient (Wildman–Crippen LogP) is 2.86. The zero-order chi connectivity index (χ0) is 16.4. The van der Waals surface area contributed by atoms with Gasteiger partial charge in [-0.25, -0.2) is 9.18 Å². The smallest absolute Gasteiger partial charge is 0.322 e. The summed E-state index contributed by atoms with van der Waals surface area (Å²) in [6.07, 6.45) is 0. The molecule has 116 valence electrons. The van der Waals surface area contributed by atoms with Crippen LogP contribution in [-0.2, 0) is 4.79 Å². The van der Waals surface area contributed by atoms with Gasteiger partial charge in [-0.1, -0.05) is 0 Å². The maximum Gasteiger partial charge on any atom is 0.322 e. The van der Waals surface area contributed by atoms with Gasteiger partial charge in [0.1, 0.15) is 5.82 Å². The Morgan fingerprint density at radius 2 is 1.62 bits per heavy atom. The molecule has 1 rings (SSSR count). The molecule has 0 saturated carbocycles. The normalized spacial score (nSPS) is 11.9. The lowest BCUT2D eigenvalue weighted by molar-refractivity contribution is -0.150. The lowest BCUT2D eigenvalue weighted by Gasteiger charge is -2.39. The van der Waals surface area contributed by atoms with E-state index >= 15 is 0 Å². The minimum Gasteiger partial charge on any atom is -0.481 e. The number of hydrogen-bond acceptors (Lipinski definition) is 2. The van der Waals surface area contributed by atoms with Crippen LogP contribution in [0.2, 0.25) is 0 Å². The molecule has 21 heavy (non-hydrogen) atoms. The first-order valence-corrected chi connectivity index (χ1v) is 6.54. The second-order valence-corrected chi connectivity index (χ2v) is 6.02. The zero-order valence-electron chi connectivity index (χ0n) is 12.9. The molecule has 0 spiro atoms. The number of amides is 2. The van der Waals surface area contributed by atoms with Crippen LogP contribution in [0.3, 0.4) is 0 Å². The molecule has 5 nitrogen and oxygen atoms in total. The van der Waals surface area contributed by atoms with Crippen molar-refractivity contribution < 1.29 is 19.1 Å². The van der Waals surface area contributed by atoms with E-state index < -0.39 is 23.0 Å². The molecule has 2 amide bonds. The fourth-order valence-electron chi connectivity index (χ4n) is 1.56. The standard InChI is InChI=1S/C15H21FN2O3/c1-14(2,12(19)20)15(3,4)17-13(21)18(5)11-8-6-10(16)7-9-11/h6-9H,1-5H3,(H,17,21)(H,19,20). The fourth-order valence-corrected chi connectivity index (χ4v) is 1.56. The molecule has 2 N–H and O–H groups in total. The topological polar surface area (TPSA) is 69.6 Å². The number of aliphatic carboxylic acids is 1.